The summed E-state index contributed by atoms with van der Waals surface area (Å²) in [6, 6.07) is 25.9. The normalized spacial score (nSPS) is 12.5. The summed E-state index contributed by atoms with van der Waals surface area (Å²) in [4.78, 5) is 14.1. The molecule has 3 nitrogen and oxygen atoms in total. The standard InChI is InChI=1S/C35H33N3/c1-34(2,3)31-26-15-12-23-9-8-18-37-33(23)30(26)32(35(4,5)6)25-14-13-24(21-27(25)31)29-11-7-10-28(38-29)22-16-19-36-20-17-22/h7-21H,1-6H3. The molecular weight excluding hydrogens is 462 g/mol. The molecule has 0 unspecified atom stereocenters. The molecule has 0 spiro atoms. The Kier molecular flexibility index (Phi) is 5.57. The van der Waals surface area contributed by atoms with Crippen LogP contribution in [0.1, 0.15) is 52.7 Å². The van der Waals surface area contributed by atoms with Gasteiger partial charge in [0.05, 0.1) is 16.9 Å². The minimum absolute atomic E-state index is 0.0691. The highest BCUT2D eigenvalue weighted by molar-refractivity contribution is 6.16. The number of aromatic nitrogens is 3. The Hall–Kier alpha value is -4.11. The number of rotatable bonds is 2. The van der Waals surface area contributed by atoms with Crippen molar-refractivity contribution in [3.63, 3.8) is 0 Å². The molecule has 3 heteroatoms. The highest BCUT2D eigenvalue weighted by Crippen LogP contribution is 2.46. The Bertz CT molecular complexity index is 1820. The molecule has 0 atom stereocenters. The van der Waals surface area contributed by atoms with Crippen LogP contribution < -0.4 is 0 Å². The summed E-state index contributed by atoms with van der Waals surface area (Å²) < 4.78 is 0. The van der Waals surface area contributed by atoms with Gasteiger partial charge in [0, 0.05) is 40.5 Å². The van der Waals surface area contributed by atoms with Crippen molar-refractivity contribution in [3.05, 3.63) is 103 Å². The van der Waals surface area contributed by atoms with Crippen molar-refractivity contribution in [2.24, 2.45) is 0 Å². The topological polar surface area (TPSA) is 38.7 Å². The van der Waals surface area contributed by atoms with Gasteiger partial charge in [-0.25, -0.2) is 4.98 Å². The summed E-state index contributed by atoms with van der Waals surface area (Å²) in [7, 11) is 0. The Balaban J connectivity index is 1.72. The number of benzene rings is 3. The molecule has 0 aliphatic heterocycles. The number of nitrogens with zero attached hydrogens (tertiary/aromatic N) is 3. The van der Waals surface area contributed by atoms with Crippen LogP contribution in [0.4, 0.5) is 0 Å². The first-order valence-corrected chi connectivity index (χ1v) is 13.3. The molecule has 0 fully saturated rings. The van der Waals surface area contributed by atoms with E-state index in [4.69, 9.17) is 9.97 Å². The van der Waals surface area contributed by atoms with Crippen LogP contribution in [0.25, 0.3) is 55.0 Å². The smallest absolute Gasteiger partial charge is 0.0783 e. The lowest BCUT2D eigenvalue weighted by atomic mass is 9.73. The second-order valence-corrected chi connectivity index (χ2v) is 12.2. The molecule has 0 N–H and O–H groups in total. The van der Waals surface area contributed by atoms with E-state index in [2.05, 4.69) is 101 Å². The van der Waals surface area contributed by atoms with Crippen molar-refractivity contribution in [1.82, 2.24) is 15.0 Å². The van der Waals surface area contributed by atoms with E-state index < -0.39 is 0 Å². The van der Waals surface area contributed by atoms with Gasteiger partial charge in [-0.3, -0.25) is 9.97 Å². The first-order valence-electron chi connectivity index (χ1n) is 13.3. The van der Waals surface area contributed by atoms with Crippen LogP contribution in [0.2, 0.25) is 0 Å². The monoisotopic (exact) mass is 495 g/mol. The van der Waals surface area contributed by atoms with Gasteiger partial charge < -0.3 is 0 Å². The maximum absolute atomic E-state index is 5.05. The quantitative estimate of drug-likeness (QED) is 0.177. The summed E-state index contributed by atoms with van der Waals surface area (Å²) in [5.74, 6) is 0. The number of pyridine rings is 3. The summed E-state index contributed by atoms with van der Waals surface area (Å²) in [6.45, 7) is 13.9. The van der Waals surface area contributed by atoms with Crippen molar-refractivity contribution in [2.75, 3.05) is 0 Å². The van der Waals surface area contributed by atoms with Crippen molar-refractivity contribution in [1.29, 1.82) is 0 Å². The summed E-state index contributed by atoms with van der Waals surface area (Å²) in [5.41, 5.74) is 7.76. The third-order valence-electron chi connectivity index (χ3n) is 7.37. The Morgan fingerprint density at radius 2 is 1.24 bits per heavy atom. The summed E-state index contributed by atoms with van der Waals surface area (Å²) >= 11 is 0. The van der Waals surface area contributed by atoms with Crippen molar-refractivity contribution < 1.29 is 0 Å². The molecule has 0 saturated heterocycles. The van der Waals surface area contributed by atoms with E-state index >= 15 is 0 Å². The fourth-order valence-electron chi connectivity index (χ4n) is 5.88. The third kappa shape index (κ3) is 4.03. The minimum Gasteiger partial charge on any atom is -0.265 e. The second-order valence-electron chi connectivity index (χ2n) is 12.2. The maximum atomic E-state index is 5.05. The molecule has 0 aliphatic rings. The van der Waals surface area contributed by atoms with E-state index in [9.17, 15) is 0 Å². The maximum Gasteiger partial charge on any atom is 0.0783 e. The highest BCUT2D eigenvalue weighted by atomic mass is 14.7. The molecule has 0 aliphatic carbocycles. The highest BCUT2D eigenvalue weighted by Gasteiger charge is 2.29. The second kappa shape index (κ2) is 8.73. The van der Waals surface area contributed by atoms with Gasteiger partial charge in [-0.1, -0.05) is 77.9 Å². The van der Waals surface area contributed by atoms with Gasteiger partial charge >= 0.3 is 0 Å². The first-order chi connectivity index (χ1) is 18.1. The number of hydrogen-bond donors (Lipinski definition) is 0. The van der Waals surface area contributed by atoms with E-state index in [0.29, 0.717) is 0 Å². The van der Waals surface area contributed by atoms with Crippen LogP contribution >= 0.6 is 0 Å². The van der Waals surface area contributed by atoms with Crippen molar-refractivity contribution >= 4 is 32.4 Å². The molecule has 3 aromatic heterocycles. The van der Waals surface area contributed by atoms with E-state index in [1.807, 2.05) is 36.8 Å². The van der Waals surface area contributed by atoms with Crippen molar-refractivity contribution in [3.8, 4) is 22.5 Å². The van der Waals surface area contributed by atoms with Crippen LogP contribution in [0.3, 0.4) is 0 Å². The molecule has 0 amide bonds. The van der Waals surface area contributed by atoms with Crippen LogP contribution in [0.5, 0.6) is 0 Å². The molecule has 6 aromatic rings. The molecule has 6 rings (SSSR count). The average molecular weight is 496 g/mol. The lowest BCUT2D eigenvalue weighted by Gasteiger charge is -2.31. The largest absolute Gasteiger partial charge is 0.265 e. The molecule has 188 valence electrons. The van der Waals surface area contributed by atoms with Gasteiger partial charge in [0.15, 0.2) is 0 Å². The number of hydrogen-bond acceptors (Lipinski definition) is 3. The Morgan fingerprint density at radius 3 is 1.95 bits per heavy atom. The summed E-state index contributed by atoms with van der Waals surface area (Å²) in [5, 5.41) is 6.33. The molecule has 0 radical (unpaired) electrons. The van der Waals surface area contributed by atoms with E-state index in [1.54, 1.807) is 0 Å². The molecule has 3 aromatic carbocycles. The van der Waals surface area contributed by atoms with E-state index in [-0.39, 0.29) is 10.8 Å². The summed E-state index contributed by atoms with van der Waals surface area (Å²) in [6.07, 6.45) is 5.54. The van der Waals surface area contributed by atoms with Gasteiger partial charge in [-0.2, -0.15) is 0 Å². The van der Waals surface area contributed by atoms with Crippen LogP contribution in [0.15, 0.2) is 91.4 Å². The number of fused-ring (bicyclic) bond motifs is 4. The van der Waals surface area contributed by atoms with Gasteiger partial charge in [0.1, 0.15) is 0 Å². The van der Waals surface area contributed by atoms with Gasteiger partial charge in [-0.05, 0) is 74.5 Å². The van der Waals surface area contributed by atoms with Crippen molar-refractivity contribution in [2.45, 2.75) is 52.4 Å². The van der Waals surface area contributed by atoms with Gasteiger partial charge in [0.2, 0.25) is 0 Å². The lowest BCUT2D eigenvalue weighted by molar-refractivity contribution is 0.593. The van der Waals surface area contributed by atoms with E-state index in [0.717, 1.165) is 28.0 Å². The predicted molar refractivity (Wildman–Crippen MR) is 161 cm³/mol. The molecular formula is C35H33N3. The van der Waals surface area contributed by atoms with Gasteiger partial charge in [0.25, 0.3) is 0 Å². The Labute approximate surface area is 224 Å². The molecule has 0 saturated carbocycles. The molecule has 38 heavy (non-hydrogen) atoms. The fraction of sp³-hybridized carbons (Fsp3) is 0.229. The zero-order valence-corrected chi connectivity index (χ0v) is 23.0. The minimum atomic E-state index is -0.0697. The van der Waals surface area contributed by atoms with Gasteiger partial charge in [-0.15, -0.1) is 0 Å². The van der Waals surface area contributed by atoms with Crippen LogP contribution in [-0.2, 0) is 10.8 Å². The molecule has 3 heterocycles. The van der Waals surface area contributed by atoms with E-state index in [1.165, 1.54) is 38.1 Å². The third-order valence-corrected chi connectivity index (χ3v) is 7.37. The first kappa shape index (κ1) is 24.2. The zero-order valence-electron chi connectivity index (χ0n) is 23.0. The SMILES string of the molecule is CC(C)(C)c1c2cc(-c3cccc(-c4ccncc4)n3)ccc2c(C(C)(C)C)c2c1ccc1cccnc12. The predicted octanol–water partition coefficient (Wildman–Crippen LogP) is 9.26. The fourth-order valence-corrected chi connectivity index (χ4v) is 5.88. The molecule has 0 bridgehead atoms. The van der Waals surface area contributed by atoms with Crippen LogP contribution in [0, 0.1) is 0 Å². The average Bonchev–Trinajstić information content (AvgIpc) is 2.90. The van der Waals surface area contributed by atoms with Crippen LogP contribution in [-0.4, -0.2) is 15.0 Å². The zero-order chi connectivity index (χ0) is 26.7. The Morgan fingerprint density at radius 1 is 0.553 bits per heavy atom. The lowest BCUT2D eigenvalue weighted by Crippen LogP contribution is -2.18.